The van der Waals surface area contributed by atoms with Gasteiger partial charge in [0, 0.05) is 5.39 Å². The van der Waals surface area contributed by atoms with Crippen molar-refractivity contribution in [3.63, 3.8) is 0 Å². The minimum absolute atomic E-state index is 0.388. The molecule has 0 bridgehead atoms. The van der Waals surface area contributed by atoms with Crippen LogP contribution in [-0.2, 0) is 0 Å². The minimum Gasteiger partial charge on any atom is -0.493 e. The average Bonchev–Trinajstić information content (AvgIpc) is 2.76. The van der Waals surface area contributed by atoms with Crippen molar-refractivity contribution in [1.29, 1.82) is 0 Å². The molecule has 1 aliphatic rings. The van der Waals surface area contributed by atoms with Crippen LogP contribution in [0.15, 0.2) is 59.7 Å². The lowest BCUT2D eigenvalue weighted by Gasteiger charge is -2.23. The summed E-state index contributed by atoms with van der Waals surface area (Å²) in [7, 11) is 1.56. The van der Waals surface area contributed by atoms with Gasteiger partial charge in [-0.25, -0.2) is 0 Å². The number of carbonyl (C=O) groups is 2. The summed E-state index contributed by atoms with van der Waals surface area (Å²) >= 11 is 0. The van der Waals surface area contributed by atoms with E-state index in [2.05, 4.69) is 18.9 Å². The summed E-state index contributed by atoms with van der Waals surface area (Å²) in [6, 6.07) is 16.2. The zero-order valence-electron chi connectivity index (χ0n) is 17.1. The van der Waals surface area contributed by atoms with Crippen molar-refractivity contribution in [2.45, 2.75) is 13.8 Å². The van der Waals surface area contributed by atoms with E-state index in [1.54, 1.807) is 49.6 Å². The Balaban J connectivity index is 1.63. The largest absolute Gasteiger partial charge is 0.493 e. The Morgan fingerprint density at radius 1 is 0.967 bits per heavy atom. The van der Waals surface area contributed by atoms with Crippen LogP contribution in [0.25, 0.3) is 10.8 Å². The lowest BCUT2D eigenvalue weighted by Crippen LogP contribution is -2.36. The fourth-order valence-electron chi connectivity index (χ4n) is 3.39. The minimum atomic E-state index is -0.440. The summed E-state index contributed by atoms with van der Waals surface area (Å²) in [6.07, 6.45) is 1.47. The van der Waals surface area contributed by atoms with Crippen LogP contribution in [0.4, 0.5) is 0 Å². The molecule has 0 spiro atoms. The van der Waals surface area contributed by atoms with Crippen LogP contribution in [-0.4, -0.2) is 36.8 Å². The highest BCUT2D eigenvalue weighted by Gasteiger charge is 2.32. The molecule has 1 heterocycles. The summed E-state index contributed by atoms with van der Waals surface area (Å²) in [6.45, 7) is 4.71. The second-order valence-electron chi connectivity index (χ2n) is 7.49. The van der Waals surface area contributed by atoms with Gasteiger partial charge in [0.15, 0.2) is 11.5 Å². The third-order valence-corrected chi connectivity index (χ3v) is 4.83. The maximum absolute atomic E-state index is 12.9. The molecule has 0 radical (unpaired) electrons. The van der Waals surface area contributed by atoms with E-state index >= 15 is 0 Å². The van der Waals surface area contributed by atoms with E-state index in [-0.39, 0.29) is 0 Å². The van der Waals surface area contributed by atoms with Gasteiger partial charge in [-0.05, 0) is 47.2 Å². The number of nitrogens with zero attached hydrogens (tertiary/aromatic N) is 2. The van der Waals surface area contributed by atoms with Gasteiger partial charge in [-0.15, -0.1) is 0 Å². The Morgan fingerprint density at radius 2 is 1.63 bits per heavy atom. The smallest absolute Gasteiger partial charge is 0.282 e. The molecule has 0 aromatic heterocycles. The highest BCUT2D eigenvalue weighted by Crippen LogP contribution is 2.31. The number of hydrazone groups is 1. The molecule has 0 saturated carbocycles. The third kappa shape index (κ3) is 3.52. The fraction of sp³-hybridized carbons (Fsp3) is 0.208. The number of carbonyl (C=O) groups excluding carboxylic acids is 2. The molecule has 4 rings (SSSR count). The van der Waals surface area contributed by atoms with Gasteiger partial charge in [0.05, 0.1) is 31.1 Å². The Kier molecular flexibility index (Phi) is 5.23. The zero-order chi connectivity index (χ0) is 21.3. The van der Waals surface area contributed by atoms with Crippen molar-refractivity contribution in [3.05, 3.63) is 71.3 Å². The first kappa shape index (κ1) is 19.6. The molecule has 0 N–H and O–H groups in total. The van der Waals surface area contributed by atoms with E-state index in [4.69, 9.17) is 9.47 Å². The Bertz CT molecular complexity index is 1120. The van der Waals surface area contributed by atoms with Crippen molar-refractivity contribution >= 4 is 28.8 Å². The van der Waals surface area contributed by atoms with Crippen LogP contribution < -0.4 is 9.47 Å². The number of benzene rings is 3. The highest BCUT2D eigenvalue weighted by molar-refractivity contribution is 6.25. The molecule has 1 aliphatic heterocycles. The normalized spacial score (nSPS) is 13.5. The lowest BCUT2D eigenvalue weighted by atomic mass is 9.95. The number of hydrogen-bond donors (Lipinski definition) is 0. The van der Waals surface area contributed by atoms with Crippen molar-refractivity contribution in [2.75, 3.05) is 13.7 Å². The van der Waals surface area contributed by atoms with Gasteiger partial charge in [-0.1, -0.05) is 38.1 Å². The van der Waals surface area contributed by atoms with Crippen molar-refractivity contribution in [3.8, 4) is 11.5 Å². The highest BCUT2D eigenvalue weighted by atomic mass is 16.5. The maximum atomic E-state index is 12.9. The Labute approximate surface area is 174 Å². The number of ether oxygens (including phenoxy) is 2. The van der Waals surface area contributed by atoms with Gasteiger partial charge >= 0.3 is 0 Å². The summed E-state index contributed by atoms with van der Waals surface area (Å²) in [4.78, 5) is 25.8. The van der Waals surface area contributed by atoms with Crippen molar-refractivity contribution < 1.29 is 19.1 Å². The summed E-state index contributed by atoms with van der Waals surface area (Å²) in [5.74, 6) is 0.702. The van der Waals surface area contributed by atoms with Gasteiger partial charge < -0.3 is 9.47 Å². The van der Waals surface area contributed by atoms with Gasteiger partial charge in [-0.2, -0.15) is 10.1 Å². The topological polar surface area (TPSA) is 68.2 Å². The van der Waals surface area contributed by atoms with Crippen LogP contribution in [0.1, 0.15) is 40.1 Å². The summed E-state index contributed by atoms with van der Waals surface area (Å²) < 4.78 is 11.2. The van der Waals surface area contributed by atoms with Gasteiger partial charge in [-0.3, -0.25) is 9.59 Å². The van der Waals surface area contributed by atoms with E-state index in [9.17, 15) is 9.59 Å². The summed E-state index contributed by atoms with van der Waals surface area (Å²) in [5, 5.41) is 6.64. The van der Waals surface area contributed by atoms with Gasteiger partial charge in [0.2, 0.25) is 0 Å². The molecular formula is C24H22N2O4. The molecule has 30 heavy (non-hydrogen) atoms. The zero-order valence-corrected chi connectivity index (χ0v) is 17.1. The maximum Gasteiger partial charge on any atom is 0.282 e. The molecule has 0 unspecified atom stereocenters. The number of rotatable bonds is 6. The number of hydrogen-bond acceptors (Lipinski definition) is 5. The molecule has 6 nitrogen and oxygen atoms in total. The second-order valence-corrected chi connectivity index (χ2v) is 7.49. The number of imide groups is 1. The molecule has 3 aromatic rings. The average molecular weight is 402 g/mol. The number of amides is 2. The first-order valence-electron chi connectivity index (χ1n) is 9.75. The first-order valence-corrected chi connectivity index (χ1v) is 9.75. The Morgan fingerprint density at radius 3 is 2.23 bits per heavy atom. The van der Waals surface area contributed by atoms with Crippen LogP contribution >= 0.6 is 0 Å². The van der Waals surface area contributed by atoms with E-state index in [0.29, 0.717) is 46.1 Å². The van der Waals surface area contributed by atoms with E-state index < -0.39 is 11.8 Å². The second kappa shape index (κ2) is 7.99. The van der Waals surface area contributed by atoms with Crippen LogP contribution in [0.5, 0.6) is 11.5 Å². The fourth-order valence-corrected chi connectivity index (χ4v) is 3.39. The van der Waals surface area contributed by atoms with Gasteiger partial charge in [0.25, 0.3) is 11.8 Å². The van der Waals surface area contributed by atoms with Crippen molar-refractivity contribution in [1.82, 2.24) is 5.01 Å². The molecule has 2 amide bonds. The predicted molar refractivity (Wildman–Crippen MR) is 115 cm³/mol. The predicted octanol–water partition coefficient (Wildman–Crippen LogP) is 4.51. The lowest BCUT2D eigenvalue weighted by molar-refractivity contribution is 0.0616. The van der Waals surface area contributed by atoms with E-state index in [1.165, 1.54) is 6.21 Å². The molecule has 0 fully saturated rings. The first-order chi connectivity index (χ1) is 14.5. The van der Waals surface area contributed by atoms with E-state index in [1.807, 2.05) is 12.1 Å². The third-order valence-electron chi connectivity index (χ3n) is 4.83. The molecule has 6 heteroatoms. The Hall–Kier alpha value is -3.67. The molecule has 0 atom stereocenters. The van der Waals surface area contributed by atoms with Crippen LogP contribution in [0.3, 0.4) is 0 Å². The molecule has 0 saturated heterocycles. The molecular weight excluding hydrogens is 380 g/mol. The standard InChI is InChI=1S/C24H22N2O4/c1-15(2)14-30-20-11-10-16(12-21(20)29-3)13-25-26-23(27)18-8-4-6-17-7-5-9-19(22(17)18)24(26)28/h4-13,15H,14H2,1-3H3/b25-13-. The van der Waals surface area contributed by atoms with Gasteiger partial charge in [0.1, 0.15) is 0 Å². The quantitative estimate of drug-likeness (QED) is 0.449. The summed E-state index contributed by atoms with van der Waals surface area (Å²) in [5.41, 5.74) is 1.62. The molecule has 152 valence electrons. The van der Waals surface area contributed by atoms with E-state index in [0.717, 1.165) is 10.4 Å². The van der Waals surface area contributed by atoms with Crippen LogP contribution in [0, 0.1) is 5.92 Å². The molecule has 3 aromatic carbocycles. The monoisotopic (exact) mass is 402 g/mol. The molecule has 0 aliphatic carbocycles. The SMILES string of the molecule is COc1cc(/C=N\N2C(=O)c3cccc4cccc(c34)C2=O)ccc1OCC(C)C. The van der Waals surface area contributed by atoms with Crippen LogP contribution in [0.2, 0.25) is 0 Å². The van der Waals surface area contributed by atoms with Crippen molar-refractivity contribution in [2.24, 2.45) is 11.0 Å². The number of methoxy groups -OCH3 is 1.